The number of aliphatic hydroxyl groups excluding tert-OH is 3. The number of hydrogen-bond acceptors (Lipinski definition) is 6. The van der Waals surface area contributed by atoms with E-state index in [1.165, 1.54) is 52.4 Å². The molecule has 0 amide bonds. The number of carbonyl (C=O) groups is 1. The van der Waals surface area contributed by atoms with Gasteiger partial charge in [-0.15, -0.1) is 0 Å². The molecule has 26 heavy (non-hydrogen) atoms. The molecule has 1 aliphatic rings. The fourth-order valence-electron chi connectivity index (χ4n) is 3.80. The van der Waals surface area contributed by atoms with Gasteiger partial charge in [0, 0.05) is 0 Å². The number of hydrogen-bond donors (Lipinski definition) is 4. The zero-order valence-electron chi connectivity index (χ0n) is 16.6. The molecule has 1 saturated heterocycles. The van der Waals surface area contributed by atoms with Crippen LogP contribution < -0.4 is 0 Å². The zero-order valence-corrected chi connectivity index (χ0v) is 16.6. The van der Waals surface area contributed by atoms with Crippen molar-refractivity contribution in [2.24, 2.45) is 5.92 Å². The molecule has 1 fully saturated rings. The lowest BCUT2D eigenvalue weighted by molar-refractivity contribution is -0.357. The molecule has 0 aliphatic carbocycles. The molecule has 154 valence electrons. The van der Waals surface area contributed by atoms with Crippen molar-refractivity contribution in [2.75, 3.05) is 0 Å². The minimum Gasteiger partial charge on any atom is -0.388 e. The van der Waals surface area contributed by atoms with Crippen LogP contribution in [0.25, 0.3) is 0 Å². The lowest BCUT2D eigenvalue weighted by atomic mass is 9.80. The van der Waals surface area contributed by atoms with Gasteiger partial charge in [-0.25, -0.2) is 0 Å². The Morgan fingerprint density at radius 1 is 0.962 bits per heavy atom. The van der Waals surface area contributed by atoms with Crippen molar-refractivity contribution in [1.82, 2.24) is 0 Å². The highest BCUT2D eigenvalue weighted by Crippen LogP contribution is 2.36. The molecule has 0 saturated carbocycles. The molecule has 6 nitrogen and oxygen atoms in total. The predicted molar refractivity (Wildman–Crippen MR) is 99.5 cm³/mol. The molecule has 0 aromatic rings. The van der Waals surface area contributed by atoms with E-state index in [-0.39, 0.29) is 5.78 Å². The Kier molecular flexibility index (Phi) is 10.3. The number of ether oxygens (including phenoxy) is 1. The summed E-state index contributed by atoms with van der Waals surface area (Å²) >= 11 is 0. The van der Waals surface area contributed by atoms with Gasteiger partial charge in [-0.2, -0.15) is 0 Å². The summed E-state index contributed by atoms with van der Waals surface area (Å²) in [5, 5.41) is 40.7. The van der Waals surface area contributed by atoms with Gasteiger partial charge in [0.05, 0.1) is 12.0 Å². The van der Waals surface area contributed by atoms with Crippen molar-refractivity contribution in [3.63, 3.8) is 0 Å². The van der Waals surface area contributed by atoms with E-state index in [4.69, 9.17) is 4.74 Å². The van der Waals surface area contributed by atoms with Gasteiger partial charge < -0.3 is 25.2 Å². The maximum atomic E-state index is 12.1. The van der Waals surface area contributed by atoms with Gasteiger partial charge in [0.15, 0.2) is 0 Å². The van der Waals surface area contributed by atoms with Crippen LogP contribution in [0, 0.1) is 5.92 Å². The second kappa shape index (κ2) is 11.3. The largest absolute Gasteiger partial charge is 0.388 e. The number of unbranched alkanes of at least 4 members (excludes halogenated alkanes) is 8. The molecule has 0 aromatic carbocycles. The molecule has 6 heteroatoms. The maximum Gasteiger partial charge on any atom is 0.204 e. The third-order valence-electron chi connectivity index (χ3n) is 5.54. The lowest BCUT2D eigenvalue weighted by Crippen LogP contribution is -2.67. The molecule has 4 N–H and O–H groups in total. The molecular formula is C20H38O6. The van der Waals surface area contributed by atoms with Crippen molar-refractivity contribution in [2.45, 2.75) is 115 Å². The Morgan fingerprint density at radius 3 is 1.96 bits per heavy atom. The average Bonchev–Trinajstić information content (AvgIpc) is 2.59. The van der Waals surface area contributed by atoms with Gasteiger partial charge in [0.1, 0.15) is 24.1 Å². The number of rotatable bonds is 12. The molecular weight excluding hydrogens is 336 g/mol. The molecule has 1 rings (SSSR count). The molecule has 1 heterocycles. The molecule has 0 aromatic heterocycles. The quantitative estimate of drug-likeness (QED) is 0.391. The van der Waals surface area contributed by atoms with Crippen LogP contribution in [0.15, 0.2) is 0 Å². The second-order valence-electron chi connectivity index (χ2n) is 7.78. The van der Waals surface area contributed by atoms with Gasteiger partial charge in [-0.3, -0.25) is 4.79 Å². The van der Waals surface area contributed by atoms with Crippen LogP contribution in [-0.4, -0.2) is 56.4 Å². The SMILES string of the molecule is CCCCCCCCCCCC(C(C)=O)C1(O)O[C@@H](C)[C@@H](O)[C@@H](O)[C@@H]1O. The van der Waals surface area contributed by atoms with E-state index < -0.39 is 36.1 Å². The van der Waals surface area contributed by atoms with Crippen LogP contribution in [0.2, 0.25) is 0 Å². The highest BCUT2D eigenvalue weighted by Gasteiger charge is 2.56. The van der Waals surface area contributed by atoms with Crippen LogP contribution in [0.3, 0.4) is 0 Å². The maximum absolute atomic E-state index is 12.1. The number of ketones is 1. The summed E-state index contributed by atoms with van der Waals surface area (Å²) < 4.78 is 5.40. The van der Waals surface area contributed by atoms with Crippen LogP contribution in [0.4, 0.5) is 0 Å². The lowest BCUT2D eigenvalue weighted by Gasteiger charge is -2.47. The van der Waals surface area contributed by atoms with Gasteiger partial charge >= 0.3 is 0 Å². The molecule has 1 aliphatic heterocycles. The summed E-state index contributed by atoms with van der Waals surface area (Å²) in [5.41, 5.74) is 0. The second-order valence-corrected chi connectivity index (χ2v) is 7.78. The van der Waals surface area contributed by atoms with E-state index in [1.807, 2.05) is 0 Å². The van der Waals surface area contributed by atoms with Gasteiger partial charge in [0.25, 0.3) is 0 Å². The fourth-order valence-corrected chi connectivity index (χ4v) is 3.80. The van der Waals surface area contributed by atoms with Crippen molar-refractivity contribution in [3.05, 3.63) is 0 Å². The third-order valence-corrected chi connectivity index (χ3v) is 5.54. The summed E-state index contributed by atoms with van der Waals surface area (Å²) in [6.07, 6.45) is 5.19. The Balaban J connectivity index is 2.47. The van der Waals surface area contributed by atoms with E-state index in [0.29, 0.717) is 6.42 Å². The molecule has 0 bridgehead atoms. The van der Waals surface area contributed by atoms with E-state index in [9.17, 15) is 25.2 Å². The first-order chi connectivity index (χ1) is 12.3. The Bertz CT molecular complexity index is 415. The highest BCUT2D eigenvalue weighted by atomic mass is 16.7. The van der Waals surface area contributed by atoms with Crippen molar-refractivity contribution in [3.8, 4) is 0 Å². The summed E-state index contributed by atoms with van der Waals surface area (Å²) in [7, 11) is 0. The van der Waals surface area contributed by atoms with Crippen LogP contribution in [0.1, 0.15) is 85.0 Å². The van der Waals surface area contributed by atoms with E-state index in [1.54, 1.807) is 0 Å². The first-order valence-electron chi connectivity index (χ1n) is 10.2. The first kappa shape index (κ1) is 23.5. The normalized spacial score (nSPS) is 33.2. The van der Waals surface area contributed by atoms with E-state index >= 15 is 0 Å². The standard InChI is InChI=1S/C20H38O6/c1-4-5-6-7-8-9-10-11-12-13-16(14(2)21)20(25)19(24)18(23)17(22)15(3)26-20/h15-19,22-25H,4-13H2,1-3H3/t15-,16?,17+,18+,19-,20?/m0/s1. The molecule has 0 radical (unpaired) electrons. The van der Waals surface area contributed by atoms with Crippen molar-refractivity contribution in [1.29, 1.82) is 0 Å². The molecule has 0 spiro atoms. The number of carbonyl (C=O) groups excluding carboxylic acids is 1. The van der Waals surface area contributed by atoms with Crippen molar-refractivity contribution >= 4 is 5.78 Å². The van der Waals surface area contributed by atoms with Gasteiger partial charge in [0.2, 0.25) is 5.79 Å². The van der Waals surface area contributed by atoms with Crippen LogP contribution in [-0.2, 0) is 9.53 Å². The molecule has 6 atom stereocenters. The third kappa shape index (κ3) is 6.27. The van der Waals surface area contributed by atoms with Crippen LogP contribution in [0.5, 0.6) is 0 Å². The topological polar surface area (TPSA) is 107 Å². The Labute approximate surface area is 157 Å². The van der Waals surface area contributed by atoms with E-state index in [2.05, 4.69) is 6.92 Å². The Hall–Kier alpha value is -0.530. The summed E-state index contributed by atoms with van der Waals surface area (Å²) in [6, 6.07) is 0. The van der Waals surface area contributed by atoms with Gasteiger partial charge in [-0.05, 0) is 20.3 Å². The van der Waals surface area contributed by atoms with Crippen LogP contribution >= 0.6 is 0 Å². The average molecular weight is 375 g/mol. The zero-order chi connectivity index (χ0) is 19.7. The minimum atomic E-state index is -2.16. The summed E-state index contributed by atoms with van der Waals surface area (Å²) in [4.78, 5) is 12.1. The minimum absolute atomic E-state index is 0.290. The van der Waals surface area contributed by atoms with Gasteiger partial charge in [-0.1, -0.05) is 64.7 Å². The summed E-state index contributed by atoms with van der Waals surface area (Å²) in [5.74, 6) is -3.38. The predicted octanol–water partition coefficient (Wildman–Crippen LogP) is 2.30. The van der Waals surface area contributed by atoms with E-state index in [0.717, 1.165) is 19.3 Å². The number of Topliss-reactive ketones (excluding diaryl/α,β-unsaturated/α-hetero) is 1. The highest BCUT2D eigenvalue weighted by molar-refractivity contribution is 5.79. The number of aliphatic hydroxyl groups is 4. The van der Waals surface area contributed by atoms with Crippen molar-refractivity contribution < 1.29 is 30.0 Å². The first-order valence-corrected chi connectivity index (χ1v) is 10.2. The monoisotopic (exact) mass is 374 g/mol. The molecule has 2 unspecified atom stereocenters. The fraction of sp³-hybridized carbons (Fsp3) is 0.950. The summed E-state index contributed by atoms with van der Waals surface area (Å²) in [6.45, 7) is 5.06. The smallest absolute Gasteiger partial charge is 0.204 e. The Morgan fingerprint density at radius 2 is 1.46 bits per heavy atom.